The zero-order valence-electron chi connectivity index (χ0n) is 20.2. The van der Waals surface area contributed by atoms with E-state index in [0.717, 1.165) is 28.4 Å². The number of hydrogen-bond donors (Lipinski definition) is 2. The number of nitrogens with two attached hydrogens (primary N) is 1. The van der Waals surface area contributed by atoms with Gasteiger partial charge in [0, 0.05) is 25.6 Å². The lowest BCUT2D eigenvalue weighted by Crippen LogP contribution is -2.55. The summed E-state index contributed by atoms with van der Waals surface area (Å²) in [6, 6.07) is 9.55. The fourth-order valence-electron chi connectivity index (χ4n) is 4.91. The molecule has 196 valence electrons. The van der Waals surface area contributed by atoms with E-state index in [9.17, 15) is 23.1 Å². The van der Waals surface area contributed by atoms with E-state index in [0.29, 0.717) is 12.8 Å². The molecule has 1 aliphatic rings. The minimum atomic E-state index is -4.18. The summed E-state index contributed by atoms with van der Waals surface area (Å²) in [5, 5.41) is 9.49. The highest BCUT2D eigenvalue weighted by atomic mass is 32.2. The van der Waals surface area contributed by atoms with Crippen LogP contribution in [0.1, 0.15) is 37.7 Å². The molecule has 3 atom stereocenters. The molecule has 3 N–H and O–H groups in total. The second-order valence-corrected chi connectivity index (χ2v) is 11.5. The second-order valence-electron chi connectivity index (χ2n) is 9.07. The molecular formula is C25H28N4O6S2. The number of carbonyl (C=O) groups is 2. The van der Waals surface area contributed by atoms with Crippen molar-refractivity contribution in [3.63, 3.8) is 0 Å². The van der Waals surface area contributed by atoms with E-state index in [2.05, 4.69) is 4.98 Å². The Labute approximate surface area is 220 Å². The first kappa shape index (κ1) is 26.7. The molecule has 0 amide bonds. The monoisotopic (exact) mass is 544 g/mol. The predicted molar refractivity (Wildman–Crippen MR) is 139 cm³/mol. The van der Waals surface area contributed by atoms with E-state index in [1.807, 2.05) is 22.7 Å². The number of aromatic nitrogens is 2. The summed E-state index contributed by atoms with van der Waals surface area (Å²) in [4.78, 5) is 29.5. The van der Waals surface area contributed by atoms with Gasteiger partial charge in [-0.05, 0) is 43.0 Å². The van der Waals surface area contributed by atoms with Crippen LogP contribution in [0.2, 0.25) is 0 Å². The van der Waals surface area contributed by atoms with Gasteiger partial charge in [-0.2, -0.15) is 4.31 Å². The Kier molecular flexibility index (Phi) is 7.62. The van der Waals surface area contributed by atoms with Crippen molar-refractivity contribution in [3.8, 4) is 0 Å². The molecule has 4 rings (SSSR count). The summed E-state index contributed by atoms with van der Waals surface area (Å²) in [6.45, 7) is 0. The van der Waals surface area contributed by atoms with Crippen LogP contribution in [0.15, 0.2) is 66.0 Å². The molecule has 2 unspecified atom stereocenters. The lowest BCUT2D eigenvalue weighted by molar-refractivity contribution is -0.160. The van der Waals surface area contributed by atoms with Crippen molar-refractivity contribution in [1.82, 2.24) is 13.7 Å². The second kappa shape index (κ2) is 10.6. The van der Waals surface area contributed by atoms with E-state index in [-0.39, 0.29) is 9.88 Å². The number of fused-ring (bicyclic) bond motifs is 1. The van der Waals surface area contributed by atoms with E-state index in [1.165, 1.54) is 19.2 Å². The van der Waals surface area contributed by atoms with E-state index >= 15 is 0 Å². The van der Waals surface area contributed by atoms with Gasteiger partial charge in [0.25, 0.3) is 0 Å². The largest absolute Gasteiger partial charge is 0.481 e. The van der Waals surface area contributed by atoms with Crippen LogP contribution >= 0.6 is 12.2 Å². The number of ether oxygens (including phenoxy) is 1. The number of likely N-dealkylation sites (N-methyl/N-ethyl adjacent to an activating group) is 1. The maximum absolute atomic E-state index is 13.5. The van der Waals surface area contributed by atoms with E-state index < -0.39 is 45.9 Å². The number of imidazole rings is 1. The molecule has 2 heterocycles. The van der Waals surface area contributed by atoms with Crippen molar-refractivity contribution in [2.75, 3.05) is 7.05 Å². The van der Waals surface area contributed by atoms with Gasteiger partial charge in [-0.25, -0.2) is 13.4 Å². The molecule has 0 radical (unpaired) electrons. The van der Waals surface area contributed by atoms with Crippen LogP contribution in [-0.4, -0.2) is 63.3 Å². The van der Waals surface area contributed by atoms with Gasteiger partial charge < -0.3 is 20.0 Å². The Morgan fingerprint density at radius 1 is 1.27 bits per heavy atom. The lowest BCUT2D eigenvalue weighted by Gasteiger charge is -2.43. The fraction of sp³-hybridized carbons (Fsp3) is 0.360. The quantitative estimate of drug-likeness (QED) is 0.307. The third kappa shape index (κ3) is 5.09. The molecule has 1 saturated carbocycles. The van der Waals surface area contributed by atoms with Crippen molar-refractivity contribution in [2.45, 2.75) is 54.6 Å². The van der Waals surface area contributed by atoms with Gasteiger partial charge in [0.05, 0.1) is 21.7 Å². The number of benzene rings is 1. The van der Waals surface area contributed by atoms with Gasteiger partial charge in [-0.15, -0.1) is 0 Å². The van der Waals surface area contributed by atoms with Crippen molar-refractivity contribution in [3.05, 3.63) is 66.6 Å². The van der Waals surface area contributed by atoms with Crippen molar-refractivity contribution in [1.29, 1.82) is 0 Å². The first-order valence-electron chi connectivity index (χ1n) is 11.8. The number of thiocarbonyl (C=S) groups is 1. The Balaban J connectivity index is 1.69. The normalized spacial score (nSPS) is 21.0. The minimum Gasteiger partial charge on any atom is -0.481 e. The summed E-state index contributed by atoms with van der Waals surface area (Å²) < 4.78 is 34.9. The van der Waals surface area contributed by atoms with E-state index in [4.69, 9.17) is 22.7 Å². The molecule has 1 aliphatic carbocycles. The number of carboxylic acids is 1. The van der Waals surface area contributed by atoms with Crippen LogP contribution in [0, 0.1) is 0 Å². The van der Waals surface area contributed by atoms with Gasteiger partial charge >= 0.3 is 11.9 Å². The van der Waals surface area contributed by atoms with Crippen LogP contribution in [0.25, 0.3) is 5.65 Å². The molecule has 0 bridgehead atoms. The SMILES string of the molecule is CN([C@@H](CC(=O)O)C(=O)OC1CCCCC1(C(N)=S)c1ccc2nccn2c1)S(=O)(=O)c1ccccc1. The Hall–Kier alpha value is -3.35. The zero-order valence-corrected chi connectivity index (χ0v) is 21.8. The maximum atomic E-state index is 13.5. The van der Waals surface area contributed by atoms with Gasteiger partial charge in [0.2, 0.25) is 10.0 Å². The van der Waals surface area contributed by atoms with Gasteiger partial charge in [0.15, 0.2) is 0 Å². The number of hydrogen-bond acceptors (Lipinski definition) is 7. The zero-order chi connectivity index (χ0) is 26.8. The number of carboxylic acid groups (broad SMARTS) is 1. The average Bonchev–Trinajstić information content (AvgIpc) is 3.35. The Morgan fingerprint density at radius 2 is 2.00 bits per heavy atom. The van der Waals surface area contributed by atoms with Crippen molar-refractivity contribution >= 4 is 44.8 Å². The Morgan fingerprint density at radius 3 is 2.68 bits per heavy atom. The summed E-state index contributed by atoms with van der Waals surface area (Å²) in [5.41, 5.74) is 6.75. The van der Waals surface area contributed by atoms with E-state index in [1.54, 1.807) is 30.6 Å². The summed E-state index contributed by atoms with van der Waals surface area (Å²) in [7, 11) is -3.00. The van der Waals surface area contributed by atoms with Crippen LogP contribution in [0.4, 0.5) is 0 Å². The van der Waals surface area contributed by atoms with Gasteiger partial charge in [-0.1, -0.05) is 42.9 Å². The summed E-state index contributed by atoms with van der Waals surface area (Å²) in [6.07, 6.45) is 6.17. The van der Waals surface area contributed by atoms with Crippen LogP contribution in [-0.2, 0) is 29.8 Å². The molecule has 2 aromatic heterocycles. The highest BCUT2D eigenvalue weighted by molar-refractivity contribution is 7.89. The number of rotatable bonds is 9. The fourth-order valence-corrected chi connectivity index (χ4v) is 6.59. The van der Waals surface area contributed by atoms with Crippen LogP contribution in [0.3, 0.4) is 0 Å². The molecule has 0 aliphatic heterocycles. The molecule has 10 nitrogen and oxygen atoms in total. The molecule has 37 heavy (non-hydrogen) atoms. The number of nitrogens with zero attached hydrogens (tertiary/aromatic N) is 3. The molecule has 0 saturated heterocycles. The average molecular weight is 545 g/mol. The van der Waals surface area contributed by atoms with Gasteiger partial charge in [-0.3, -0.25) is 9.59 Å². The summed E-state index contributed by atoms with van der Waals surface area (Å²) >= 11 is 5.51. The highest BCUT2D eigenvalue weighted by Gasteiger charge is 2.49. The molecule has 1 fully saturated rings. The number of pyridine rings is 1. The predicted octanol–water partition coefficient (Wildman–Crippen LogP) is 2.51. The van der Waals surface area contributed by atoms with Crippen LogP contribution < -0.4 is 5.73 Å². The first-order valence-corrected chi connectivity index (χ1v) is 13.6. The topological polar surface area (TPSA) is 144 Å². The summed E-state index contributed by atoms with van der Waals surface area (Å²) in [5.74, 6) is -2.31. The maximum Gasteiger partial charge on any atom is 0.325 e. The third-order valence-electron chi connectivity index (χ3n) is 6.94. The standard InChI is InChI=1S/C25H28N4O6S2/c1-28(37(33,34)18-7-3-2-4-8-18)19(15-22(30)31)23(32)35-20-9-5-6-12-25(20,24(26)36)17-10-11-21-27-13-14-29(21)16-17/h2-4,7-8,10-11,13-14,16,19-20H,5-6,9,12,15H2,1H3,(H2,26,36)(H,30,31)/t19-,20?,25?/m0/s1. The number of carbonyl (C=O) groups excluding carboxylic acids is 1. The minimum absolute atomic E-state index is 0.0653. The molecule has 0 spiro atoms. The number of esters is 1. The highest BCUT2D eigenvalue weighted by Crippen LogP contribution is 2.42. The first-order chi connectivity index (χ1) is 17.6. The molecular weight excluding hydrogens is 516 g/mol. The van der Waals surface area contributed by atoms with Crippen LogP contribution in [0.5, 0.6) is 0 Å². The van der Waals surface area contributed by atoms with Gasteiger partial charge in [0.1, 0.15) is 17.8 Å². The Bertz CT molecular complexity index is 1430. The molecule has 3 aromatic rings. The van der Waals surface area contributed by atoms with Crippen molar-refractivity contribution < 1.29 is 27.9 Å². The van der Waals surface area contributed by atoms with Crippen molar-refractivity contribution in [2.24, 2.45) is 5.73 Å². The number of sulfonamides is 1. The molecule has 1 aromatic carbocycles. The third-order valence-corrected chi connectivity index (χ3v) is 9.18. The number of aliphatic carboxylic acids is 1. The smallest absolute Gasteiger partial charge is 0.325 e. The molecule has 12 heteroatoms. The lowest BCUT2D eigenvalue weighted by atomic mass is 9.67.